The SMILES string of the molecule is CCc1cc(OC)c2occ(CNCCOC)c2c1. The number of ether oxygens (including phenoxy) is 2. The van der Waals surface area contributed by atoms with Crippen molar-refractivity contribution < 1.29 is 13.9 Å². The molecule has 0 spiro atoms. The smallest absolute Gasteiger partial charge is 0.176 e. The van der Waals surface area contributed by atoms with Crippen LogP contribution in [0.1, 0.15) is 18.1 Å². The van der Waals surface area contributed by atoms with Crippen LogP contribution in [0.5, 0.6) is 5.75 Å². The lowest BCUT2D eigenvalue weighted by atomic mass is 10.1. The molecule has 0 unspecified atom stereocenters. The van der Waals surface area contributed by atoms with Crippen molar-refractivity contribution in [3.05, 3.63) is 29.5 Å². The lowest BCUT2D eigenvalue weighted by Crippen LogP contribution is -2.18. The molecule has 4 nitrogen and oxygen atoms in total. The van der Waals surface area contributed by atoms with Gasteiger partial charge in [0.15, 0.2) is 11.3 Å². The number of benzene rings is 1. The van der Waals surface area contributed by atoms with E-state index in [0.717, 1.165) is 41.8 Å². The second-order valence-electron chi connectivity index (χ2n) is 4.46. The van der Waals surface area contributed by atoms with Crippen LogP contribution in [0, 0.1) is 0 Å². The monoisotopic (exact) mass is 263 g/mol. The Morgan fingerprint density at radius 3 is 2.79 bits per heavy atom. The van der Waals surface area contributed by atoms with Crippen LogP contribution in [-0.2, 0) is 17.7 Å². The molecule has 0 aliphatic heterocycles. The molecule has 1 N–H and O–H groups in total. The Balaban J connectivity index is 2.25. The molecular weight excluding hydrogens is 242 g/mol. The van der Waals surface area contributed by atoms with Crippen LogP contribution >= 0.6 is 0 Å². The van der Waals surface area contributed by atoms with Crippen molar-refractivity contribution in [2.24, 2.45) is 0 Å². The zero-order valence-corrected chi connectivity index (χ0v) is 11.8. The van der Waals surface area contributed by atoms with Crippen LogP contribution in [0.25, 0.3) is 11.0 Å². The summed E-state index contributed by atoms with van der Waals surface area (Å²) >= 11 is 0. The summed E-state index contributed by atoms with van der Waals surface area (Å²) in [5.41, 5.74) is 3.23. The fourth-order valence-electron chi connectivity index (χ4n) is 2.10. The maximum Gasteiger partial charge on any atom is 0.176 e. The highest BCUT2D eigenvalue weighted by Gasteiger charge is 2.11. The van der Waals surface area contributed by atoms with E-state index in [1.165, 1.54) is 5.56 Å². The number of aryl methyl sites for hydroxylation is 1. The quantitative estimate of drug-likeness (QED) is 0.780. The number of hydrogen-bond donors (Lipinski definition) is 1. The summed E-state index contributed by atoms with van der Waals surface area (Å²) in [7, 11) is 3.38. The zero-order valence-electron chi connectivity index (χ0n) is 11.8. The molecule has 1 heterocycles. The molecule has 19 heavy (non-hydrogen) atoms. The minimum Gasteiger partial charge on any atom is -0.493 e. The first kappa shape index (κ1) is 13.9. The molecular formula is C15H21NO3. The van der Waals surface area contributed by atoms with Gasteiger partial charge in [-0.05, 0) is 24.1 Å². The normalized spacial score (nSPS) is 11.1. The molecule has 0 amide bonds. The third-order valence-corrected chi connectivity index (χ3v) is 3.21. The topological polar surface area (TPSA) is 43.6 Å². The number of rotatable bonds is 7. The molecule has 0 aliphatic carbocycles. The van der Waals surface area contributed by atoms with E-state index in [-0.39, 0.29) is 0 Å². The Morgan fingerprint density at radius 2 is 2.11 bits per heavy atom. The lowest BCUT2D eigenvalue weighted by molar-refractivity contribution is 0.199. The fraction of sp³-hybridized carbons (Fsp3) is 0.467. The Morgan fingerprint density at radius 1 is 1.26 bits per heavy atom. The predicted molar refractivity (Wildman–Crippen MR) is 75.7 cm³/mol. The van der Waals surface area contributed by atoms with E-state index in [9.17, 15) is 0 Å². The highest BCUT2D eigenvalue weighted by Crippen LogP contribution is 2.31. The summed E-state index contributed by atoms with van der Waals surface area (Å²) in [4.78, 5) is 0. The molecule has 4 heteroatoms. The average molecular weight is 263 g/mol. The number of hydrogen-bond acceptors (Lipinski definition) is 4. The highest BCUT2D eigenvalue weighted by atomic mass is 16.5. The van der Waals surface area contributed by atoms with E-state index in [2.05, 4.69) is 18.3 Å². The summed E-state index contributed by atoms with van der Waals surface area (Å²) < 4.78 is 16.0. The minimum absolute atomic E-state index is 0.708. The van der Waals surface area contributed by atoms with Gasteiger partial charge in [0.1, 0.15) is 0 Å². The van der Waals surface area contributed by atoms with E-state index in [1.807, 2.05) is 6.07 Å². The van der Waals surface area contributed by atoms with Crippen LogP contribution < -0.4 is 10.1 Å². The number of methoxy groups -OCH3 is 2. The summed E-state index contributed by atoms with van der Waals surface area (Å²) in [5.74, 6) is 0.803. The molecule has 0 aliphatic rings. The van der Waals surface area contributed by atoms with Gasteiger partial charge in [0.25, 0.3) is 0 Å². The Labute approximate surface area is 113 Å². The molecule has 0 saturated heterocycles. The zero-order chi connectivity index (χ0) is 13.7. The molecule has 0 radical (unpaired) electrons. The van der Waals surface area contributed by atoms with Gasteiger partial charge >= 0.3 is 0 Å². The third kappa shape index (κ3) is 3.08. The number of fused-ring (bicyclic) bond motifs is 1. The molecule has 0 bridgehead atoms. The first-order chi connectivity index (χ1) is 9.30. The van der Waals surface area contributed by atoms with Crippen molar-refractivity contribution in [2.45, 2.75) is 19.9 Å². The van der Waals surface area contributed by atoms with E-state index in [4.69, 9.17) is 13.9 Å². The molecule has 1 aromatic carbocycles. The van der Waals surface area contributed by atoms with E-state index < -0.39 is 0 Å². The van der Waals surface area contributed by atoms with Crippen LogP contribution in [0.15, 0.2) is 22.8 Å². The molecule has 2 rings (SSSR count). The Kier molecular flexibility index (Phi) is 4.82. The van der Waals surface area contributed by atoms with Crippen molar-refractivity contribution in [3.63, 3.8) is 0 Å². The average Bonchev–Trinajstić information content (AvgIpc) is 2.85. The van der Waals surface area contributed by atoms with Crippen molar-refractivity contribution in [2.75, 3.05) is 27.4 Å². The lowest BCUT2D eigenvalue weighted by Gasteiger charge is -2.06. The molecule has 0 saturated carbocycles. The van der Waals surface area contributed by atoms with Gasteiger partial charge in [-0.3, -0.25) is 0 Å². The second-order valence-corrected chi connectivity index (χ2v) is 4.46. The van der Waals surface area contributed by atoms with E-state index in [1.54, 1.807) is 20.5 Å². The molecule has 1 aromatic heterocycles. The van der Waals surface area contributed by atoms with Gasteiger partial charge in [-0.15, -0.1) is 0 Å². The van der Waals surface area contributed by atoms with Gasteiger partial charge in [0.2, 0.25) is 0 Å². The Hall–Kier alpha value is -1.52. The second kappa shape index (κ2) is 6.59. The first-order valence-corrected chi connectivity index (χ1v) is 6.56. The molecule has 104 valence electrons. The number of furan rings is 1. The van der Waals surface area contributed by atoms with Crippen molar-refractivity contribution >= 4 is 11.0 Å². The van der Waals surface area contributed by atoms with E-state index in [0.29, 0.717) is 6.61 Å². The van der Waals surface area contributed by atoms with Gasteiger partial charge in [0.05, 0.1) is 20.0 Å². The van der Waals surface area contributed by atoms with Crippen molar-refractivity contribution in [3.8, 4) is 5.75 Å². The third-order valence-electron chi connectivity index (χ3n) is 3.21. The molecule has 0 atom stereocenters. The first-order valence-electron chi connectivity index (χ1n) is 6.56. The van der Waals surface area contributed by atoms with Gasteiger partial charge in [0, 0.05) is 31.1 Å². The van der Waals surface area contributed by atoms with Crippen molar-refractivity contribution in [1.29, 1.82) is 0 Å². The van der Waals surface area contributed by atoms with Crippen LogP contribution in [-0.4, -0.2) is 27.4 Å². The van der Waals surface area contributed by atoms with Crippen LogP contribution in [0.3, 0.4) is 0 Å². The predicted octanol–water partition coefficient (Wildman–Crippen LogP) is 2.74. The van der Waals surface area contributed by atoms with Crippen LogP contribution in [0.2, 0.25) is 0 Å². The maximum atomic E-state index is 5.63. The van der Waals surface area contributed by atoms with Crippen LogP contribution in [0.4, 0.5) is 0 Å². The van der Waals surface area contributed by atoms with Gasteiger partial charge < -0.3 is 19.2 Å². The standard InChI is InChI=1S/C15H21NO3/c1-4-11-7-13-12(9-16-5-6-17-2)10-19-15(13)14(8-11)18-3/h7-8,10,16H,4-6,9H2,1-3H3. The summed E-state index contributed by atoms with van der Waals surface area (Å²) in [6, 6.07) is 4.21. The highest BCUT2D eigenvalue weighted by molar-refractivity contribution is 5.87. The Bertz CT molecular complexity index is 533. The van der Waals surface area contributed by atoms with Gasteiger partial charge in [-0.2, -0.15) is 0 Å². The number of nitrogens with one attached hydrogen (secondary N) is 1. The van der Waals surface area contributed by atoms with Gasteiger partial charge in [-0.25, -0.2) is 0 Å². The van der Waals surface area contributed by atoms with Crippen molar-refractivity contribution in [1.82, 2.24) is 5.32 Å². The summed E-state index contributed by atoms with van der Waals surface area (Å²) in [5, 5.41) is 4.46. The minimum atomic E-state index is 0.708. The molecule has 0 fully saturated rings. The van der Waals surface area contributed by atoms with Gasteiger partial charge in [-0.1, -0.05) is 6.92 Å². The largest absolute Gasteiger partial charge is 0.493 e. The fourth-order valence-corrected chi connectivity index (χ4v) is 2.10. The summed E-state index contributed by atoms with van der Waals surface area (Å²) in [6.07, 6.45) is 2.78. The van der Waals surface area contributed by atoms with E-state index >= 15 is 0 Å². The summed E-state index contributed by atoms with van der Waals surface area (Å²) in [6.45, 7) is 4.44. The maximum absolute atomic E-state index is 5.63. The molecule has 2 aromatic rings.